The summed E-state index contributed by atoms with van der Waals surface area (Å²) in [5.41, 5.74) is 2.54. The number of hydrogen-bond donors (Lipinski definition) is 2. The highest BCUT2D eigenvalue weighted by Crippen LogP contribution is 2.15. The van der Waals surface area contributed by atoms with Gasteiger partial charge in [0.1, 0.15) is 12.6 Å². The van der Waals surface area contributed by atoms with Gasteiger partial charge in [0.05, 0.1) is 6.04 Å². The van der Waals surface area contributed by atoms with Crippen LogP contribution in [0.3, 0.4) is 0 Å². The molecule has 0 spiro atoms. The van der Waals surface area contributed by atoms with Crippen LogP contribution in [0.25, 0.3) is 0 Å². The minimum absolute atomic E-state index is 0. The number of aliphatic imine (C=N–C) groups is 1. The lowest BCUT2D eigenvalue weighted by Gasteiger charge is -2.18. The van der Waals surface area contributed by atoms with Crippen molar-refractivity contribution in [3.05, 3.63) is 47.1 Å². The molecule has 1 aromatic heterocycles. The lowest BCUT2D eigenvalue weighted by molar-refractivity contribution is 0.0683. The first kappa shape index (κ1) is 24.4. The molecule has 28 heavy (non-hydrogen) atoms. The molecule has 156 valence electrons. The Hall–Kier alpha value is -1.68. The van der Waals surface area contributed by atoms with Gasteiger partial charge in [0.25, 0.3) is 0 Å². The van der Waals surface area contributed by atoms with Crippen molar-refractivity contribution in [1.29, 1.82) is 0 Å². The molecule has 2 rings (SSSR count). The van der Waals surface area contributed by atoms with E-state index in [9.17, 15) is 0 Å². The highest BCUT2D eigenvalue weighted by atomic mass is 127. The predicted octanol–water partition coefficient (Wildman–Crippen LogP) is 4.16. The summed E-state index contributed by atoms with van der Waals surface area (Å²) in [5, 5.41) is 10.6. The maximum atomic E-state index is 5.48. The van der Waals surface area contributed by atoms with Crippen molar-refractivity contribution in [1.82, 2.24) is 20.8 Å². The van der Waals surface area contributed by atoms with Crippen LogP contribution in [0.1, 0.15) is 69.6 Å². The topological polar surface area (TPSA) is 84.6 Å². The van der Waals surface area contributed by atoms with Crippen molar-refractivity contribution < 1.29 is 9.26 Å². The molecule has 0 radical (unpaired) electrons. The molecule has 7 nitrogen and oxygen atoms in total. The molecule has 2 unspecified atom stereocenters. The lowest BCUT2D eigenvalue weighted by Crippen LogP contribution is -2.38. The number of halogens is 1. The number of ether oxygens (including phenoxy) is 1. The molecular formula is C20H32IN5O2. The van der Waals surface area contributed by atoms with E-state index in [-0.39, 0.29) is 36.1 Å². The smallest absolute Gasteiger partial charge is 0.248 e. The number of rotatable bonds is 9. The van der Waals surface area contributed by atoms with Crippen LogP contribution < -0.4 is 10.6 Å². The third kappa shape index (κ3) is 7.38. The molecular weight excluding hydrogens is 469 g/mol. The summed E-state index contributed by atoms with van der Waals surface area (Å²) in [7, 11) is 0. The van der Waals surface area contributed by atoms with E-state index in [0.29, 0.717) is 30.8 Å². The van der Waals surface area contributed by atoms with Crippen LogP contribution >= 0.6 is 24.0 Å². The van der Waals surface area contributed by atoms with E-state index in [1.54, 1.807) is 0 Å². The fourth-order valence-electron chi connectivity index (χ4n) is 2.62. The van der Waals surface area contributed by atoms with Gasteiger partial charge in [-0.05, 0) is 45.2 Å². The van der Waals surface area contributed by atoms with Gasteiger partial charge < -0.3 is 19.9 Å². The van der Waals surface area contributed by atoms with Crippen molar-refractivity contribution in [2.24, 2.45) is 4.99 Å². The molecule has 2 N–H and O–H groups in total. The first-order valence-corrected chi connectivity index (χ1v) is 9.65. The van der Waals surface area contributed by atoms with Gasteiger partial charge >= 0.3 is 0 Å². The molecule has 0 fully saturated rings. The van der Waals surface area contributed by atoms with Gasteiger partial charge in [0.15, 0.2) is 11.8 Å². The van der Waals surface area contributed by atoms with Crippen LogP contribution in [0.15, 0.2) is 33.8 Å². The monoisotopic (exact) mass is 501 g/mol. The predicted molar refractivity (Wildman–Crippen MR) is 122 cm³/mol. The average Bonchev–Trinajstić information content (AvgIpc) is 3.15. The highest BCUT2D eigenvalue weighted by Gasteiger charge is 2.14. The third-order valence-corrected chi connectivity index (χ3v) is 4.22. The van der Waals surface area contributed by atoms with Crippen molar-refractivity contribution in [2.75, 3.05) is 13.2 Å². The summed E-state index contributed by atoms with van der Waals surface area (Å²) >= 11 is 0. The largest absolute Gasteiger partial charge is 0.371 e. The fraction of sp³-hybridized carbons (Fsp3) is 0.550. The molecule has 2 atom stereocenters. The zero-order valence-electron chi connectivity index (χ0n) is 17.4. The molecule has 1 aromatic carbocycles. The van der Waals surface area contributed by atoms with E-state index >= 15 is 0 Å². The first-order chi connectivity index (χ1) is 13.1. The van der Waals surface area contributed by atoms with Gasteiger partial charge in [0, 0.05) is 13.2 Å². The van der Waals surface area contributed by atoms with Crippen molar-refractivity contribution in [3.63, 3.8) is 0 Å². The van der Waals surface area contributed by atoms with Crippen LogP contribution in [0, 0.1) is 0 Å². The average molecular weight is 501 g/mol. The van der Waals surface area contributed by atoms with Gasteiger partial charge in [-0.1, -0.05) is 36.3 Å². The summed E-state index contributed by atoms with van der Waals surface area (Å²) < 4.78 is 10.7. The lowest BCUT2D eigenvalue weighted by atomic mass is 10.1. The Balaban J connectivity index is 0.00000392. The van der Waals surface area contributed by atoms with E-state index < -0.39 is 0 Å². The molecule has 0 aliphatic rings. The number of nitrogens with zero attached hydrogens (tertiary/aromatic N) is 3. The molecule has 0 saturated carbocycles. The fourth-order valence-corrected chi connectivity index (χ4v) is 2.62. The zero-order chi connectivity index (χ0) is 19.6. The van der Waals surface area contributed by atoms with Gasteiger partial charge in [-0.3, -0.25) is 0 Å². The van der Waals surface area contributed by atoms with Crippen LogP contribution in [0.4, 0.5) is 0 Å². The van der Waals surface area contributed by atoms with E-state index in [4.69, 9.17) is 9.26 Å². The van der Waals surface area contributed by atoms with Crippen molar-refractivity contribution in [2.45, 2.75) is 59.7 Å². The van der Waals surface area contributed by atoms with E-state index in [0.717, 1.165) is 13.0 Å². The number of benzene rings is 1. The second-order valence-electron chi connectivity index (χ2n) is 6.30. The molecule has 8 heteroatoms. The molecule has 0 bridgehead atoms. The van der Waals surface area contributed by atoms with Gasteiger partial charge in [-0.2, -0.15) is 4.98 Å². The minimum Gasteiger partial charge on any atom is -0.371 e. The Morgan fingerprint density at radius 2 is 1.89 bits per heavy atom. The number of hydrogen-bond acceptors (Lipinski definition) is 5. The number of guanidine groups is 1. The quantitative estimate of drug-likeness (QED) is 0.305. The SMILES string of the molecule is CCNC(=NCc1nc(C(C)OCC)no1)NC(C)c1ccc(CC)cc1.I. The van der Waals surface area contributed by atoms with Crippen LogP contribution in [0.5, 0.6) is 0 Å². The summed E-state index contributed by atoms with van der Waals surface area (Å²) in [6.07, 6.45) is 0.856. The van der Waals surface area contributed by atoms with E-state index in [1.165, 1.54) is 11.1 Å². The van der Waals surface area contributed by atoms with Crippen LogP contribution in [0.2, 0.25) is 0 Å². The summed E-state index contributed by atoms with van der Waals surface area (Å²) in [5.74, 6) is 1.72. The summed E-state index contributed by atoms with van der Waals surface area (Å²) in [6.45, 7) is 11.8. The molecule has 2 aromatic rings. The maximum Gasteiger partial charge on any atom is 0.248 e. The normalized spacial score (nSPS) is 13.5. The second kappa shape index (κ2) is 12.7. The zero-order valence-corrected chi connectivity index (χ0v) is 19.7. The first-order valence-electron chi connectivity index (χ1n) is 9.65. The maximum absolute atomic E-state index is 5.48. The molecule has 0 aliphatic heterocycles. The molecule has 0 saturated heterocycles. The van der Waals surface area contributed by atoms with Gasteiger partial charge in [-0.15, -0.1) is 24.0 Å². The Morgan fingerprint density at radius 1 is 1.18 bits per heavy atom. The Kier molecular flexibility index (Phi) is 11.1. The Bertz CT molecular complexity index is 718. The van der Waals surface area contributed by atoms with Crippen molar-refractivity contribution >= 4 is 29.9 Å². The summed E-state index contributed by atoms with van der Waals surface area (Å²) in [4.78, 5) is 8.91. The molecule has 1 heterocycles. The minimum atomic E-state index is -0.186. The number of aromatic nitrogens is 2. The number of nitrogens with one attached hydrogen (secondary N) is 2. The van der Waals surface area contributed by atoms with Crippen LogP contribution in [-0.2, 0) is 17.7 Å². The highest BCUT2D eigenvalue weighted by molar-refractivity contribution is 14.0. The summed E-state index contributed by atoms with van der Waals surface area (Å²) in [6, 6.07) is 8.76. The molecule has 0 amide bonds. The Morgan fingerprint density at radius 3 is 2.50 bits per heavy atom. The second-order valence-corrected chi connectivity index (χ2v) is 6.30. The van der Waals surface area contributed by atoms with E-state index in [1.807, 2.05) is 20.8 Å². The standard InChI is InChI=1S/C20H31N5O2.HI/c1-6-16-9-11-17(12-10-16)14(4)23-20(21-7-2)22-13-18-24-19(25-27-18)15(5)26-8-3;/h9-12,14-15H,6-8,13H2,1-5H3,(H2,21,22,23);1H. The molecule has 0 aliphatic carbocycles. The van der Waals surface area contributed by atoms with Gasteiger partial charge in [0.2, 0.25) is 5.89 Å². The van der Waals surface area contributed by atoms with Crippen LogP contribution in [-0.4, -0.2) is 29.3 Å². The Labute approximate surface area is 184 Å². The number of aryl methyl sites for hydroxylation is 1. The van der Waals surface area contributed by atoms with Gasteiger partial charge in [-0.25, -0.2) is 4.99 Å². The van der Waals surface area contributed by atoms with Crippen molar-refractivity contribution in [3.8, 4) is 0 Å². The van der Waals surface area contributed by atoms with E-state index in [2.05, 4.69) is 63.9 Å². The third-order valence-electron chi connectivity index (χ3n) is 4.22.